The summed E-state index contributed by atoms with van der Waals surface area (Å²) < 4.78 is 4.85. The second-order valence-electron chi connectivity index (χ2n) is 5.66. The molecule has 10 nitrogen and oxygen atoms in total. The monoisotopic (exact) mass is 384 g/mol. The Morgan fingerprint density at radius 3 is 2.57 bits per heavy atom. The van der Waals surface area contributed by atoms with Crippen LogP contribution in [0.5, 0.6) is 11.5 Å². The Hall–Kier alpha value is -4.13. The molecule has 144 valence electrons. The minimum absolute atomic E-state index is 0.152. The number of amides is 1. The van der Waals surface area contributed by atoms with E-state index in [0.717, 1.165) is 17.7 Å². The van der Waals surface area contributed by atoms with Crippen molar-refractivity contribution in [3.8, 4) is 17.6 Å². The minimum atomic E-state index is -0.877. The normalized spacial score (nSPS) is 11.2. The van der Waals surface area contributed by atoms with Gasteiger partial charge in [-0.3, -0.25) is 19.9 Å². The summed E-state index contributed by atoms with van der Waals surface area (Å²) in [6.07, 6.45) is 3.10. The van der Waals surface area contributed by atoms with Gasteiger partial charge in [-0.2, -0.15) is 5.26 Å². The fraction of sp³-hybridized carbons (Fsp3) is 0.167. The van der Waals surface area contributed by atoms with Crippen molar-refractivity contribution in [2.75, 3.05) is 14.2 Å². The van der Waals surface area contributed by atoms with E-state index in [0.29, 0.717) is 0 Å². The summed E-state index contributed by atoms with van der Waals surface area (Å²) in [4.78, 5) is 27.9. The molecule has 0 aliphatic carbocycles. The number of aliphatic hydroxyl groups is 1. The molecule has 1 aromatic carbocycles. The highest BCUT2D eigenvalue weighted by atomic mass is 16.6. The first-order chi connectivity index (χ1) is 13.3. The molecule has 0 aliphatic heterocycles. The maximum absolute atomic E-state index is 12.6. The number of phenolic OH excluding ortho intramolecular Hbond substituents is 1. The quantitative estimate of drug-likeness (QED) is 0.253. The van der Waals surface area contributed by atoms with E-state index < -0.39 is 33.6 Å². The highest BCUT2D eigenvalue weighted by Crippen LogP contribution is 2.38. The number of aromatic nitrogens is 1. The lowest BCUT2D eigenvalue weighted by atomic mass is 10.1. The van der Waals surface area contributed by atoms with Crippen LogP contribution in [0.4, 0.5) is 5.69 Å². The van der Waals surface area contributed by atoms with E-state index in [9.17, 15) is 30.4 Å². The van der Waals surface area contributed by atoms with Gasteiger partial charge in [0.2, 0.25) is 5.75 Å². The Morgan fingerprint density at radius 2 is 2.04 bits per heavy atom. The lowest BCUT2D eigenvalue weighted by molar-refractivity contribution is -0.386. The number of ether oxygens (including phenoxy) is 1. The number of nitriles is 1. The summed E-state index contributed by atoms with van der Waals surface area (Å²) in [5, 5.41) is 40.7. The van der Waals surface area contributed by atoms with Crippen LogP contribution in [-0.2, 0) is 11.3 Å². The van der Waals surface area contributed by atoms with E-state index in [4.69, 9.17) is 4.74 Å². The SMILES string of the molecule is COc1cc(/C(O)=C(\C#N)C(=O)N(C)Cc2ccncc2)cc([N+](=O)[O-])c1O. The van der Waals surface area contributed by atoms with E-state index in [1.54, 1.807) is 30.6 Å². The summed E-state index contributed by atoms with van der Waals surface area (Å²) >= 11 is 0. The summed E-state index contributed by atoms with van der Waals surface area (Å²) in [6.45, 7) is 0.152. The van der Waals surface area contributed by atoms with Crippen LogP contribution in [-0.4, -0.2) is 45.1 Å². The van der Waals surface area contributed by atoms with Crippen molar-refractivity contribution in [1.82, 2.24) is 9.88 Å². The number of likely N-dealkylation sites (N-methyl/N-ethyl adjacent to an activating group) is 1. The number of carbonyl (C=O) groups excluding carboxylic acids is 1. The van der Waals surface area contributed by atoms with Gasteiger partial charge in [0.25, 0.3) is 5.91 Å². The van der Waals surface area contributed by atoms with Crippen LogP contribution in [0.2, 0.25) is 0 Å². The van der Waals surface area contributed by atoms with Crippen LogP contribution in [0, 0.1) is 21.4 Å². The molecule has 0 atom stereocenters. The smallest absolute Gasteiger partial charge is 0.315 e. The van der Waals surface area contributed by atoms with E-state index >= 15 is 0 Å². The second kappa shape index (κ2) is 8.50. The van der Waals surface area contributed by atoms with Crippen molar-refractivity contribution in [3.63, 3.8) is 0 Å². The molecule has 1 heterocycles. The first kappa shape index (κ1) is 20.2. The van der Waals surface area contributed by atoms with Gasteiger partial charge in [0, 0.05) is 37.6 Å². The third kappa shape index (κ3) is 4.16. The molecular formula is C18H16N4O6. The van der Waals surface area contributed by atoms with E-state index in [-0.39, 0.29) is 17.9 Å². The molecule has 0 fully saturated rings. The number of rotatable bonds is 6. The molecule has 1 aromatic heterocycles. The molecule has 1 amide bonds. The Morgan fingerprint density at radius 1 is 1.39 bits per heavy atom. The van der Waals surface area contributed by atoms with Crippen molar-refractivity contribution in [1.29, 1.82) is 5.26 Å². The van der Waals surface area contributed by atoms with Gasteiger partial charge in [-0.05, 0) is 23.8 Å². The molecule has 2 rings (SSSR count). The lowest BCUT2D eigenvalue weighted by Gasteiger charge is -2.17. The molecule has 0 saturated carbocycles. The highest BCUT2D eigenvalue weighted by Gasteiger charge is 2.25. The van der Waals surface area contributed by atoms with Crippen LogP contribution in [0.25, 0.3) is 5.76 Å². The number of methoxy groups -OCH3 is 1. The van der Waals surface area contributed by atoms with Gasteiger partial charge in [0.05, 0.1) is 12.0 Å². The number of hydrogen-bond acceptors (Lipinski definition) is 8. The number of hydrogen-bond donors (Lipinski definition) is 2. The molecule has 0 bridgehead atoms. The molecule has 2 aromatic rings. The Balaban J connectivity index is 2.45. The van der Waals surface area contributed by atoms with Gasteiger partial charge >= 0.3 is 5.69 Å². The number of pyridine rings is 1. The summed E-state index contributed by atoms with van der Waals surface area (Å²) in [7, 11) is 2.61. The first-order valence-electron chi connectivity index (χ1n) is 7.83. The molecule has 0 radical (unpaired) electrons. The molecule has 28 heavy (non-hydrogen) atoms. The van der Waals surface area contributed by atoms with Crippen molar-refractivity contribution in [3.05, 3.63) is 63.5 Å². The largest absolute Gasteiger partial charge is 0.506 e. The summed E-state index contributed by atoms with van der Waals surface area (Å²) in [5.74, 6) is -2.57. The van der Waals surface area contributed by atoms with E-state index in [1.165, 1.54) is 19.1 Å². The van der Waals surface area contributed by atoms with Crippen molar-refractivity contribution < 1.29 is 24.7 Å². The lowest BCUT2D eigenvalue weighted by Crippen LogP contribution is -2.28. The fourth-order valence-electron chi connectivity index (χ4n) is 2.40. The molecule has 0 saturated heterocycles. The summed E-state index contributed by atoms with van der Waals surface area (Å²) in [6, 6.07) is 6.93. The zero-order chi connectivity index (χ0) is 20.8. The van der Waals surface area contributed by atoms with Crippen LogP contribution < -0.4 is 4.74 Å². The maximum Gasteiger partial charge on any atom is 0.315 e. The number of phenols is 1. The third-order valence-electron chi connectivity index (χ3n) is 3.82. The van der Waals surface area contributed by atoms with Gasteiger partial charge in [0.15, 0.2) is 11.3 Å². The van der Waals surface area contributed by atoms with Gasteiger partial charge in [0.1, 0.15) is 11.8 Å². The van der Waals surface area contributed by atoms with Crippen LogP contribution >= 0.6 is 0 Å². The molecular weight excluding hydrogens is 368 g/mol. The Bertz CT molecular complexity index is 982. The number of nitrogens with zero attached hydrogens (tertiary/aromatic N) is 4. The number of carbonyl (C=O) groups is 1. The topological polar surface area (TPSA) is 150 Å². The standard InChI is InChI=1S/C18H16N4O6/c1-21(10-11-3-5-20-6-4-11)18(25)13(9-19)16(23)12-7-14(22(26)27)17(24)15(8-12)28-2/h3-8,23-24H,10H2,1-2H3/b16-13-. The van der Waals surface area contributed by atoms with Gasteiger partial charge in [-0.1, -0.05) is 0 Å². The van der Waals surface area contributed by atoms with E-state index in [2.05, 4.69) is 4.98 Å². The fourth-order valence-corrected chi connectivity index (χ4v) is 2.40. The number of nitro benzene ring substituents is 1. The van der Waals surface area contributed by atoms with Crippen molar-refractivity contribution >= 4 is 17.4 Å². The van der Waals surface area contributed by atoms with Gasteiger partial charge in [-0.25, -0.2) is 0 Å². The third-order valence-corrected chi connectivity index (χ3v) is 3.82. The molecule has 10 heteroatoms. The van der Waals surface area contributed by atoms with Gasteiger partial charge < -0.3 is 19.8 Å². The molecule has 0 unspecified atom stereocenters. The number of benzene rings is 1. The van der Waals surface area contributed by atoms with Gasteiger partial charge in [-0.15, -0.1) is 0 Å². The predicted octanol–water partition coefficient (Wildman–Crippen LogP) is 2.16. The molecule has 0 aliphatic rings. The zero-order valence-corrected chi connectivity index (χ0v) is 15.0. The summed E-state index contributed by atoms with van der Waals surface area (Å²) in [5.41, 5.74) is -0.817. The number of nitro groups is 1. The van der Waals surface area contributed by atoms with Crippen molar-refractivity contribution in [2.45, 2.75) is 6.54 Å². The van der Waals surface area contributed by atoms with Crippen molar-refractivity contribution in [2.24, 2.45) is 0 Å². The molecule has 2 N–H and O–H groups in total. The number of aliphatic hydroxyl groups excluding tert-OH is 1. The minimum Gasteiger partial charge on any atom is -0.506 e. The predicted molar refractivity (Wildman–Crippen MR) is 97.2 cm³/mol. The molecule has 0 spiro atoms. The van der Waals surface area contributed by atoms with Crippen LogP contribution in [0.1, 0.15) is 11.1 Å². The Kier molecular flexibility index (Phi) is 6.13. The Labute approximate surface area is 159 Å². The first-order valence-corrected chi connectivity index (χ1v) is 7.83. The maximum atomic E-state index is 12.6. The van der Waals surface area contributed by atoms with Crippen LogP contribution in [0.15, 0.2) is 42.2 Å². The highest BCUT2D eigenvalue weighted by molar-refractivity contribution is 6.03. The van der Waals surface area contributed by atoms with E-state index in [1.807, 2.05) is 0 Å². The average molecular weight is 384 g/mol. The zero-order valence-electron chi connectivity index (χ0n) is 15.0. The second-order valence-corrected chi connectivity index (χ2v) is 5.66. The average Bonchev–Trinajstić information content (AvgIpc) is 2.68. The number of aromatic hydroxyl groups is 1. The van der Waals surface area contributed by atoms with Crippen LogP contribution in [0.3, 0.4) is 0 Å².